The van der Waals surface area contributed by atoms with Crippen molar-refractivity contribution in [2.24, 2.45) is 5.92 Å². The molecular weight excluding hydrogens is 404 g/mol. The summed E-state index contributed by atoms with van der Waals surface area (Å²) in [5, 5.41) is 1.69. The third kappa shape index (κ3) is 3.24. The van der Waals surface area contributed by atoms with E-state index >= 15 is 0 Å². The van der Waals surface area contributed by atoms with Crippen molar-refractivity contribution < 1.29 is 19.2 Å². The number of para-hydroxylation sites is 1. The summed E-state index contributed by atoms with van der Waals surface area (Å²) in [4.78, 5) is 34.4. The first-order valence-electron chi connectivity index (χ1n) is 10.7. The van der Waals surface area contributed by atoms with Gasteiger partial charge in [-0.3, -0.25) is 14.4 Å². The molecule has 0 radical (unpaired) electrons. The summed E-state index contributed by atoms with van der Waals surface area (Å²) in [7, 11) is 1.61. The average Bonchev–Trinajstić information content (AvgIpc) is 3.36. The number of imide groups is 1. The zero-order chi connectivity index (χ0) is 22.2. The standard InChI is InChI=1S/C26H24N2O4/c1-3-17-12-14-19(15-13-17)27-25(29)22-23(18-8-7-11-21(16-18)31-2)28(32-24(22)26(27)30)20-9-5-4-6-10-20/h4-16,22-24H,3H2,1-2H3/t22-,23-,24-/m0/s1. The van der Waals surface area contributed by atoms with E-state index in [0.717, 1.165) is 23.2 Å². The molecule has 2 heterocycles. The van der Waals surface area contributed by atoms with Crippen molar-refractivity contribution in [3.63, 3.8) is 0 Å². The first-order valence-corrected chi connectivity index (χ1v) is 10.7. The molecule has 2 amide bonds. The van der Waals surface area contributed by atoms with Gasteiger partial charge in [0.1, 0.15) is 11.7 Å². The minimum Gasteiger partial charge on any atom is -0.497 e. The molecule has 0 spiro atoms. The number of benzene rings is 3. The monoisotopic (exact) mass is 428 g/mol. The SMILES string of the molecule is CCc1ccc(N2C(=O)[C@@H]3[C@H](ON(c4ccccc4)[C@H]3c3cccc(OC)c3)C2=O)cc1. The number of hydrogen-bond acceptors (Lipinski definition) is 5. The molecule has 2 fully saturated rings. The van der Waals surface area contributed by atoms with Gasteiger partial charge in [-0.15, -0.1) is 0 Å². The van der Waals surface area contributed by atoms with Crippen molar-refractivity contribution in [1.29, 1.82) is 0 Å². The number of carbonyl (C=O) groups excluding carboxylic acids is 2. The summed E-state index contributed by atoms with van der Waals surface area (Å²) < 4.78 is 5.41. The maximum Gasteiger partial charge on any atom is 0.266 e. The first kappa shape index (κ1) is 20.3. The highest BCUT2D eigenvalue weighted by atomic mass is 16.7. The largest absolute Gasteiger partial charge is 0.497 e. The normalized spacial score (nSPS) is 22.4. The van der Waals surface area contributed by atoms with Gasteiger partial charge >= 0.3 is 0 Å². The van der Waals surface area contributed by atoms with Gasteiger partial charge in [0.05, 0.1) is 24.5 Å². The summed E-state index contributed by atoms with van der Waals surface area (Å²) in [6.07, 6.45) is 0.00489. The number of rotatable bonds is 5. The van der Waals surface area contributed by atoms with Crippen LogP contribution in [-0.2, 0) is 20.8 Å². The number of hydroxylamine groups is 1. The van der Waals surface area contributed by atoms with Crippen molar-refractivity contribution in [1.82, 2.24) is 0 Å². The van der Waals surface area contributed by atoms with Crippen LogP contribution in [-0.4, -0.2) is 25.0 Å². The predicted octanol–water partition coefficient (Wildman–Crippen LogP) is 4.31. The number of amides is 2. The Morgan fingerprint density at radius 3 is 2.31 bits per heavy atom. The Hall–Kier alpha value is -3.64. The predicted molar refractivity (Wildman–Crippen MR) is 121 cm³/mol. The van der Waals surface area contributed by atoms with Crippen molar-refractivity contribution in [2.75, 3.05) is 17.1 Å². The molecule has 3 aromatic carbocycles. The average molecular weight is 428 g/mol. The molecule has 0 saturated carbocycles. The van der Waals surface area contributed by atoms with Crippen LogP contribution >= 0.6 is 0 Å². The van der Waals surface area contributed by atoms with Crippen molar-refractivity contribution in [3.05, 3.63) is 90.0 Å². The molecule has 2 aliphatic heterocycles. The van der Waals surface area contributed by atoms with Gasteiger partial charge in [-0.25, -0.2) is 9.96 Å². The second kappa shape index (κ2) is 8.13. The molecule has 2 saturated heterocycles. The van der Waals surface area contributed by atoms with Crippen LogP contribution in [0, 0.1) is 5.92 Å². The first-order chi connectivity index (χ1) is 15.6. The lowest BCUT2D eigenvalue weighted by atomic mass is 9.90. The lowest BCUT2D eigenvalue weighted by Crippen LogP contribution is -2.37. The van der Waals surface area contributed by atoms with Gasteiger partial charge in [0.25, 0.3) is 5.91 Å². The van der Waals surface area contributed by atoms with E-state index in [1.54, 1.807) is 12.2 Å². The maximum atomic E-state index is 13.6. The fraction of sp³-hybridized carbons (Fsp3) is 0.231. The van der Waals surface area contributed by atoms with E-state index in [4.69, 9.17) is 9.57 Å². The third-order valence-corrected chi connectivity index (χ3v) is 6.16. The van der Waals surface area contributed by atoms with Crippen LogP contribution in [0.1, 0.15) is 24.1 Å². The van der Waals surface area contributed by atoms with Crippen LogP contribution in [0.4, 0.5) is 11.4 Å². The molecule has 162 valence electrons. The molecule has 3 aromatic rings. The van der Waals surface area contributed by atoms with Gasteiger partial charge in [0, 0.05) is 0 Å². The molecule has 6 nitrogen and oxygen atoms in total. The Morgan fingerprint density at radius 1 is 0.875 bits per heavy atom. The summed E-state index contributed by atoms with van der Waals surface area (Å²) in [6, 6.07) is 24.2. The summed E-state index contributed by atoms with van der Waals surface area (Å²) in [5.41, 5.74) is 3.36. The van der Waals surface area contributed by atoms with Gasteiger partial charge in [-0.2, -0.15) is 0 Å². The van der Waals surface area contributed by atoms with E-state index in [1.807, 2.05) is 78.9 Å². The highest BCUT2D eigenvalue weighted by molar-refractivity contribution is 6.23. The molecule has 3 atom stereocenters. The fourth-order valence-electron chi connectivity index (χ4n) is 4.51. The minimum atomic E-state index is -0.884. The molecule has 2 aliphatic rings. The number of methoxy groups -OCH3 is 1. The van der Waals surface area contributed by atoms with Crippen LogP contribution in [0.3, 0.4) is 0 Å². The second-order valence-electron chi connectivity index (χ2n) is 7.97. The highest BCUT2D eigenvalue weighted by Crippen LogP contribution is 2.47. The molecule has 0 bridgehead atoms. The van der Waals surface area contributed by atoms with Gasteiger partial charge in [0.15, 0.2) is 6.10 Å². The number of aryl methyl sites for hydroxylation is 1. The molecular formula is C26H24N2O4. The number of anilines is 2. The van der Waals surface area contributed by atoms with Gasteiger partial charge < -0.3 is 4.74 Å². The molecule has 0 aliphatic carbocycles. The number of ether oxygens (including phenoxy) is 1. The molecule has 0 aromatic heterocycles. The zero-order valence-corrected chi connectivity index (χ0v) is 18.0. The smallest absolute Gasteiger partial charge is 0.266 e. The van der Waals surface area contributed by atoms with E-state index in [9.17, 15) is 9.59 Å². The van der Waals surface area contributed by atoms with Crippen LogP contribution in [0.5, 0.6) is 5.75 Å². The van der Waals surface area contributed by atoms with Crippen molar-refractivity contribution in [3.8, 4) is 5.75 Å². The zero-order valence-electron chi connectivity index (χ0n) is 18.0. The van der Waals surface area contributed by atoms with E-state index in [2.05, 4.69) is 6.92 Å². The van der Waals surface area contributed by atoms with Crippen molar-refractivity contribution >= 4 is 23.2 Å². The van der Waals surface area contributed by atoms with Crippen molar-refractivity contribution in [2.45, 2.75) is 25.5 Å². The highest BCUT2D eigenvalue weighted by Gasteiger charge is 2.60. The molecule has 0 unspecified atom stereocenters. The molecule has 0 N–H and O–H groups in total. The van der Waals surface area contributed by atoms with Gasteiger partial charge in [-0.05, 0) is 53.9 Å². The maximum absolute atomic E-state index is 13.6. The Balaban J connectivity index is 1.57. The summed E-state index contributed by atoms with van der Waals surface area (Å²) >= 11 is 0. The van der Waals surface area contributed by atoms with E-state index < -0.39 is 18.1 Å². The van der Waals surface area contributed by atoms with Crippen LogP contribution < -0.4 is 14.7 Å². The summed E-state index contributed by atoms with van der Waals surface area (Å²) in [6.45, 7) is 2.07. The molecule has 5 rings (SSSR count). The van der Waals surface area contributed by atoms with E-state index in [0.29, 0.717) is 11.4 Å². The van der Waals surface area contributed by atoms with E-state index in [-0.39, 0.29) is 11.8 Å². The van der Waals surface area contributed by atoms with Gasteiger partial charge in [0.2, 0.25) is 5.91 Å². The quantitative estimate of drug-likeness (QED) is 0.567. The lowest BCUT2D eigenvalue weighted by Gasteiger charge is -2.29. The topological polar surface area (TPSA) is 59.1 Å². The number of carbonyl (C=O) groups is 2. The fourth-order valence-corrected chi connectivity index (χ4v) is 4.51. The van der Waals surface area contributed by atoms with Crippen LogP contribution in [0.15, 0.2) is 78.9 Å². The Labute approximate surface area is 186 Å². The minimum absolute atomic E-state index is 0.254. The number of nitrogens with zero attached hydrogens (tertiary/aromatic N) is 2. The van der Waals surface area contributed by atoms with Crippen LogP contribution in [0.25, 0.3) is 0 Å². The molecule has 6 heteroatoms. The van der Waals surface area contributed by atoms with E-state index in [1.165, 1.54) is 4.90 Å². The lowest BCUT2D eigenvalue weighted by molar-refractivity contribution is -0.126. The third-order valence-electron chi connectivity index (χ3n) is 6.16. The summed E-state index contributed by atoms with van der Waals surface area (Å²) in [5.74, 6) is -0.575. The Kier molecular flexibility index (Phi) is 5.15. The second-order valence-corrected chi connectivity index (χ2v) is 7.97. The number of fused-ring (bicyclic) bond motifs is 1. The Morgan fingerprint density at radius 2 is 1.62 bits per heavy atom. The Bertz CT molecular complexity index is 1150. The van der Waals surface area contributed by atoms with Crippen LogP contribution in [0.2, 0.25) is 0 Å². The van der Waals surface area contributed by atoms with Gasteiger partial charge in [-0.1, -0.05) is 49.4 Å². The number of hydrogen-bond donors (Lipinski definition) is 0. The molecule has 32 heavy (non-hydrogen) atoms.